The van der Waals surface area contributed by atoms with Gasteiger partial charge in [-0.3, -0.25) is 4.90 Å². The van der Waals surface area contributed by atoms with E-state index in [1.165, 1.54) is 30.6 Å². The van der Waals surface area contributed by atoms with E-state index in [-0.39, 0.29) is 6.03 Å². The summed E-state index contributed by atoms with van der Waals surface area (Å²) in [7, 11) is 0. The van der Waals surface area contributed by atoms with Gasteiger partial charge in [-0.1, -0.05) is 29.4 Å². The Morgan fingerprint density at radius 1 is 1.17 bits per heavy atom. The summed E-state index contributed by atoms with van der Waals surface area (Å²) in [5.74, 6) is 0. The van der Waals surface area contributed by atoms with Crippen molar-refractivity contribution in [1.82, 2.24) is 9.88 Å². The van der Waals surface area contributed by atoms with Crippen LogP contribution in [0.4, 0.5) is 21.3 Å². The third kappa shape index (κ3) is 4.98. The number of piperidine rings is 1. The predicted octanol–water partition coefficient (Wildman–Crippen LogP) is 5.06. The molecular formula is C21H24ClN5OS. The third-order valence-corrected chi connectivity index (χ3v) is 6.23. The summed E-state index contributed by atoms with van der Waals surface area (Å²) in [6, 6.07) is 12.8. The molecule has 6 nitrogen and oxygen atoms in total. The first-order valence-corrected chi connectivity index (χ1v) is 11.0. The lowest BCUT2D eigenvalue weighted by atomic mass is 10.1. The van der Waals surface area contributed by atoms with Crippen LogP contribution < -0.4 is 16.0 Å². The molecule has 3 N–H and O–H groups in total. The number of hydrogen-bond acceptors (Lipinski definition) is 5. The van der Waals surface area contributed by atoms with Gasteiger partial charge in [0.2, 0.25) is 0 Å². The van der Waals surface area contributed by atoms with E-state index in [1.54, 1.807) is 29.2 Å². The smallest absolute Gasteiger partial charge is 0.326 e. The molecule has 0 atom stereocenters. The lowest BCUT2D eigenvalue weighted by Gasteiger charge is -2.30. The standard InChI is InChI=1S/C21H24ClN5OS/c22-15-4-6-16(7-5-15)24-21(28)27(13-12-26-10-2-1-3-11-26)17-8-9-18-19(14-17)29-20(23)25-18/h4-9,14H,1-3,10-13H2,(H2,23,25)(H,24,28). The molecule has 2 heterocycles. The molecule has 8 heteroatoms. The maximum Gasteiger partial charge on any atom is 0.326 e. The van der Waals surface area contributed by atoms with Gasteiger partial charge in [0.1, 0.15) is 0 Å². The van der Waals surface area contributed by atoms with Crippen molar-refractivity contribution in [2.75, 3.05) is 42.1 Å². The number of carbonyl (C=O) groups excluding carboxylic acids is 1. The van der Waals surface area contributed by atoms with Crippen LogP contribution >= 0.6 is 22.9 Å². The molecule has 3 aromatic rings. The van der Waals surface area contributed by atoms with Crippen molar-refractivity contribution in [3.63, 3.8) is 0 Å². The van der Waals surface area contributed by atoms with E-state index in [4.69, 9.17) is 17.3 Å². The second-order valence-corrected chi connectivity index (χ2v) is 8.69. The number of aromatic nitrogens is 1. The van der Waals surface area contributed by atoms with E-state index in [0.29, 0.717) is 22.4 Å². The fraction of sp³-hybridized carbons (Fsp3) is 0.333. The Kier molecular flexibility index (Phi) is 6.18. The zero-order valence-corrected chi connectivity index (χ0v) is 17.7. The fourth-order valence-corrected chi connectivity index (χ4v) is 4.49. The first kappa shape index (κ1) is 19.9. The molecule has 1 saturated heterocycles. The molecule has 2 aromatic carbocycles. The van der Waals surface area contributed by atoms with Crippen molar-refractivity contribution in [2.45, 2.75) is 19.3 Å². The Bertz CT molecular complexity index is 984. The number of likely N-dealkylation sites (tertiary alicyclic amines) is 1. The Morgan fingerprint density at radius 3 is 2.69 bits per heavy atom. The molecular weight excluding hydrogens is 406 g/mol. The average molecular weight is 430 g/mol. The molecule has 4 rings (SSSR count). The summed E-state index contributed by atoms with van der Waals surface area (Å²) >= 11 is 7.39. The molecule has 1 aliphatic heterocycles. The molecule has 0 saturated carbocycles. The van der Waals surface area contributed by atoms with Crippen LogP contribution in [0.15, 0.2) is 42.5 Å². The Hall–Kier alpha value is -2.35. The van der Waals surface area contributed by atoms with Crippen LogP contribution in [0.2, 0.25) is 5.02 Å². The molecule has 0 bridgehead atoms. The number of rotatable bonds is 5. The highest BCUT2D eigenvalue weighted by molar-refractivity contribution is 7.22. The summed E-state index contributed by atoms with van der Waals surface area (Å²) in [5, 5.41) is 4.15. The van der Waals surface area contributed by atoms with Crippen LogP contribution in [0.5, 0.6) is 0 Å². The van der Waals surface area contributed by atoms with E-state index in [1.807, 2.05) is 18.2 Å². The van der Waals surface area contributed by atoms with Gasteiger partial charge in [0.05, 0.1) is 10.2 Å². The van der Waals surface area contributed by atoms with Gasteiger partial charge in [-0.2, -0.15) is 0 Å². The average Bonchev–Trinajstić information content (AvgIpc) is 3.10. The number of hydrogen-bond donors (Lipinski definition) is 2. The first-order valence-electron chi connectivity index (χ1n) is 9.81. The number of urea groups is 1. The van der Waals surface area contributed by atoms with Crippen molar-refractivity contribution in [1.29, 1.82) is 0 Å². The summed E-state index contributed by atoms with van der Waals surface area (Å²) in [4.78, 5) is 21.7. The maximum atomic E-state index is 13.1. The van der Waals surface area contributed by atoms with Crippen molar-refractivity contribution in [2.24, 2.45) is 0 Å². The topological polar surface area (TPSA) is 74.5 Å². The number of nitrogens with zero attached hydrogens (tertiary/aromatic N) is 3. The molecule has 0 radical (unpaired) electrons. The van der Waals surface area contributed by atoms with Crippen molar-refractivity contribution in [3.8, 4) is 0 Å². The van der Waals surface area contributed by atoms with E-state index < -0.39 is 0 Å². The van der Waals surface area contributed by atoms with Crippen molar-refractivity contribution in [3.05, 3.63) is 47.5 Å². The van der Waals surface area contributed by atoms with Crippen LogP contribution in [-0.4, -0.2) is 42.1 Å². The number of nitrogen functional groups attached to an aromatic ring is 1. The van der Waals surface area contributed by atoms with Gasteiger partial charge in [-0.05, 0) is 68.4 Å². The maximum absolute atomic E-state index is 13.1. The van der Waals surface area contributed by atoms with Gasteiger partial charge < -0.3 is 16.0 Å². The van der Waals surface area contributed by atoms with E-state index in [2.05, 4.69) is 15.2 Å². The molecule has 0 aliphatic carbocycles. The van der Waals surface area contributed by atoms with Crippen molar-refractivity contribution < 1.29 is 4.79 Å². The lowest BCUT2D eigenvalue weighted by molar-refractivity contribution is 0.230. The minimum Gasteiger partial charge on any atom is -0.375 e. The molecule has 152 valence electrons. The zero-order chi connectivity index (χ0) is 20.2. The summed E-state index contributed by atoms with van der Waals surface area (Å²) in [6.07, 6.45) is 3.74. The summed E-state index contributed by atoms with van der Waals surface area (Å²) in [6.45, 7) is 3.64. The molecule has 29 heavy (non-hydrogen) atoms. The van der Waals surface area contributed by atoms with Gasteiger partial charge in [0.25, 0.3) is 0 Å². The Labute approximate surface area is 179 Å². The minimum absolute atomic E-state index is 0.166. The zero-order valence-electron chi connectivity index (χ0n) is 16.1. The van der Waals surface area contributed by atoms with Crippen molar-refractivity contribution >= 4 is 55.7 Å². The number of carbonyl (C=O) groups is 1. The molecule has 2 amide bonds. The highest BCUT2D eigenvalue weighted by atomic mass is 35.5. The molecule has 0 unspecified atom stereocenters. The van der Waals surface area contributed by atoms with Gasteiger partial charge in [0.15, 0.2) is 5.13 Å². The van der Waals surface area contributed by atoms with E-state index in [9.17, 15) is 4.79 Å². The molecule has 1 aromatic heterocycles. The van der Waals surface area contributed by atoms with E-state index in [0.717, 1.165) is 35.5 Å². The van der Waals surface area contributed by atoms with E-state index >= 15 is 0 Å². The second-order valence-electron chi connectivity index (χ2n) is 7.20. The Balaban J connectivity index is 1.56. The van der Waals surface area contributed by atoms with Crippen LogP contribution in [0.3, 0.4) is 0 Å². The quantitative estimate of drug-likeness (QED) is 0.594. The summed E-state index contributed by atoms with van der Waals surface area (Å²) in [5.41, 5.74) is 8.25. The predicted molar refractivity (Wildman–Crippen MR) is 122 cm³/mol. The second kappa shape index (κ2) is 8.98. The number of amides is 2. The largest absolute Gasteiger partial charge is 0.375 e. The summed E-state index contributed by atoms with van der Waals surface area (Å²) < 4.78 is 0.974. The van der Waals surface area contributed by atoms with Crippen LogP contribution in [0.25, 0.3) is 10.2 Å². The number of fused-ring (bicyclic) bond motifs is 1. The van der Waals surface area contributed by atoms with Gasteiger partial charge in [0, 0.05) is 29.5 Å². The van der Waals surface area contributed by atoms with Crippen LogP contribution in [0.1, 0.15) is 19.3 Å². The number of nitrogens with one attached hydrogen (secondary N) is 1. The fourth-order valence-electron chi connectivity index (χ4n) is 3.60. The molecule has 0 spiro atoms. The normalized spacial score (nSPS) is 14.8. The molecule has 1 fully saturated rings. The highest BCUT2D eigenvalue weighted by Gasteiger charge is 2.19. The number of anilines is 3. The first-order chi connectivity index (χ1) is 14.1. The van der Waals surface area contributed by atoms with Gasteiger partial charge in [-0.25, -0.2) is 9.78 Å². The number of halogens is 1. The number of benzene rings is 2. The number of nitrogens with two attached hydrogens (primary N) is 1. The van der Waals surface area contributed by atoms with Crippen LogP contribution in [-0.2, 0) is 0 Å². The van der Waals surface area contributed by atoms with Crippen LogP contribution in [0, 0.1) is 0 Å². The van der Waals surface area contributed by atoms with Gasteiger partial charge >= 0.3 is 6.03 Å². The third-order valence-electron chi connectivity index (χ3n) is 5.13. The molecule has 1 aliphatic rings. The Morgan fingerprint density at radius 2 is 1.93 bits per heavy atom. The SMILES string of the molecule is Nc1nc2ccc(N(CCN3CCCCC3)C(=O)Nc3ccc(Cl)cc3)cc2s1. The lowest BCUT2D eigenvalue weighted by Crippen LogP contribution is -2.42. The van der Waals surface area contributed by atoms with Gasteiger partial charge in [-0.15, -0.1) is 0 Å². The minimum atomic E-state index is -0.166. The number of thiazole rings is 1. The highest BCUT2D eigenvalue weighted by Crippen LogP contribution is 2.29. The monoisotopic (exact) mass is 429 g/mol.